The normalized spacial score (nSPS) is 14.5. The maximum Gasteiger partial charge on any atom is 0.420 e. The fourth-order valence-corrected chi connectivity index (χ4v) is 4.63. The van der Waals surface area contributed by atoms with Gasteiger partial charge in [-0.2, -0.15) is 18.3 Å². The number of amides is 1. The van der Waals surface area contributed by atoms with Gasteiger partial charge in [0, 0.05) is 53.8 Å². The van der Waals surface area contributed by atoms with Crippen molar-refractivity contribution in [3.63, 3.8) is 0 Å². The lowest BCUT2D eigenvalue weighted by atomic mass is 10.1. The van der Waals surface area contributed by atoms with Crippen LogP contribution in [0, 0.1) is 0 Å². The Hall–Kier alpha value is -2.99. The maximum absolute atomic E-state index is 13.8. The predicted molar refractivity (Wildman–Crippen MR) is 111 cm³/mol. The Bertz CT molecular complexity index is 1310. The summed E-state index contributed by atoms with van der Waals surface area (Å²) in [4.78, 5) is 22.9. The number of H-pyrrole nitrogens is 1. The van der Waals surface area contributed by atoms with Gasteiger partial charge in [0.25, 0.3) is 5.91 Å². The Balaban J connectivity index is 1.56. The molecule has 5 heterocycles. The molecule has 12 heteroatoms. The van der Waals surface area contributed by atoms with E-state index in [9.17, 15) is 18.0 Å². The molecule has 4 aromatic rings. The van der Waals surface area contributed by atoms with Crippen molar-refractivity contribution in [2.45, 2.75) is 6.18 Å². The van der Waals surface area contributed by atoms with Gasteiger partial charge in [0.1, 0.15) is 9.61 Å². The van der Waals surface area contributed by atoms with Gasteiger partial charge < -0.3 is 4.90 Å². The van der Waals surface area contributed by atoms with Crippen LogP contribution in [0.25, 0.3) is 22.3 Å². The number of pyridine rings is 1. The third-order valence-electron chi connectivity index (χ3n) is 4.91. The number of carbonyl (C=O) groups excluding carboxylic acids is 1. The van der Waals surface area contributed by atoms with Gasteiger partial charge in [0.05, 0.1) is 11.8 Å². The molecule has 0 aromatic carbocycles. The fourth-order valence-electron chi connectivity index (χ4n) is 3.43. The van der Waals surface area contributed by atoms with Crippen LogP contribution < -0.4 is 0 Å². The molecule has 0 unspecified atom stereocenters. The van der Waals surface area contributed by atoms with E-state index >= 15 is 0 Å². The number of carbonyl (C=O) groups is 1. The highest BCUT2D eigenvalue weighted by Crippen LogP contribution is 2.37. The van der Waals surface area contributed by atoms with Gasteiger partial charge >= 0.3 is 6.18 Å². The number of aromatic amines is 1. The number of rotatable bonds is 3. The number of thiazole rings is 1. The van der Waals surface area contributed by atoms with E-state index in [1.807, 2.05) is 11.5 Å². The molecule has 0 aliphatic carbocycles. The van der Waals surface area contributed by atoms with Gasteiger partial charge in [-0.05, 0) is 22.0 Å². The van der Waals surface area contributed by atoms with Crippen LogP contribution in [0.4, 0.5) is 13.2 Å². The molecule has 0 atom stereocenters. The molecule has 158 valence electrons. The molecule has 4 aromatic heterocycles. The second-order valence-electron chi connectivity index (χ2n) is 6.82. The van der Waals surface area contributed by atoms with Crippen LogP contribution in [0.2, 0.25) is 0 Å². The number of halogens is 4. The highest BCUT2D eigenvalue weighted by atomic mass is 79.9. The van der Waals surface area contributed by atoms with Gasteiger partial charge in [0.15, 0.2) is 11.3 Å². The van der Waals surface area contributed by atoms with E-state index in [2.05, 4.69) is 36.1 Å². The topological polar surface area (TPSA) is 79.2 Å². The molecule has 0 bridgehead atoms. The standard InChI is InChI=1S/C19H12BrF3N6OS/c20-15-14(18(30)28-3-1-10(8-28)17-24-2-4-31-17)27-16-13(19(21,22)23)5-11(9-29(15)16)12-6-25-26-7-12/h1-2,4-7,9H,3,8H2,(H,25,26). The van der Waals surface area contributed by atoms with E-state index in [1.54, 1.807) is 6.20 Å². The summed E-state index contributed by atoms with van der Waals surface area (Å²) >= 11 is 4.75. The minimum Gasteiger partial charge on any atom is -0.329 e. The zero-order valence-electron chi connectivity index (χ0n) is 15.5. The summed E-state index contributed by atoms with van der Waals surface area (Å²) in [6.07, 6.45) is 3.33. The van der Waals surface area contributed by atoms with E-state index in [1.165, 1.54) is 39.2 Å². The summed E-state index contributed by atoms with van der Waals surface area (Å²) in [6.45, 7) is 0.652. The summed E-state index contributed by atoms with van der Waals surface area (Å²) in [5.41, 5.74) is 0.318. The molecule has 5 rings (SSSR count). The first kappa shape index (κ1) is 19.9. The van der Waals surface area contributed by atoms with Crippen LogP contribution >= 0.6 is 27.3 Å². The van der Waals surface area contributed by atoms with Crippen molar-refractivity contribution in [3.05, 3.63) is 63.2 Å². The number of alkyl halides is 3. The second-order valence-corrected chi connectivity index (χ2v) is 8.47. The van der Waals surface area contributed by atoms with Crippen LogP contribution in [-0.4, -0.2) is 48.5 Å². The molecule has 0 spiro atoms. The highest BCUT2D eigenvalue weighted by Gasteiger charge is 2.36. The highest BCUT2D eigenvalue weighted by molar-refractivity contribution is 9.10. The lowest BCUT2D eigenvalue weighted by Crippen LogP contribution is -2.29. The largest absolute Gasteiger partial charge is 0.420 e. The molecule has 1 aliphatic heterocycles. The summed E-state index contributed by atoms with van der Waals surface area (Å²) < 4.78 is 42.8. The quantitative estimate of drug-likeness (QED) is 0.441. The van der Waals surface area contributed by atoms with E-state index in [-0.39, 0.29) is 15.9 Å². The Labute approximate surface area is 185 Å². The SMILES string of the molecule is O=C(c1nc2c(C(F)(F)F)cc(-c3cn[nH]c3)cn2c1Br)N1CC=C(c2nccs2)C1. The summed E-state index contributed by atoms with van der Waals surface area (Å²) in [5.74, 6) is -0.462. The van der Waals surface area contributed by atoms with Crippen LogP contribution in [-0.2, 0) is 6.18 Å². The Morgan fingerprint density at radius 1 is 1.29 bits per heavy atom. The van der Waals surface area contributed by atoms with Crippen molar-refractivity contribution < 1.29 is 18.0 Å². The Morgan fingerprint density at radius 2 is 2.13 bits per heavy atom. The van der Waals surface area contributed by atoms with Crippen molar-refractivity contribution >= 4 is 44.4 Å². The minimum atomic E-state index is -4.65. The summed E-state index contributed by atoms with van der Waals surface area (Å²) in [5, 5.41) is 9.04. The number of imidazole rings is 1. The van der Waals surface area contributed by atoms with Crippen molar-refractivity contribution in [2.24, 2.45) is 0 Å². The van der Waals surface area contributed by atoms with Gasteiger partial charge in [-0.1, -0.05) is 6.08 Å². The van der Waals surface area contributed by atoms with Crippen molar-refractivity contribution in [3.8, 4) is 11.1 Å². The molecular weight excluding hydrogens is 497 g/mol. The summed E-state index contributed by atoms with van der Waals surface area (Å²) in [7, 11) is 0. The van der Waals surface area contributed by atoms with Crippen LogP contribution in [0.3, 0.4) is 0 Å². The van der Waals surface area contributed by atoms with Crippen LogP contribution in [0.15, 0.2) is 46.9 Å². The molecule has 1 aliphatic rings. The molecule has 0 radical (unpaired) electrons. The van der Waals surface area contributed by atoms with E-state index in [0.29, 0.717) is 24.2 Å². The molecule has 0 fully saturated rings. The molecule has 1 N–H and O–H groups in total. The molecule has 7 nitrogen and oxygen atoms in total. The monoisotopic (exact) mass is 508 g/mol. The molecule has 0 saturated heterocycles. The third kappa shape index (κ3) is 3.45. The van der Waals surface area contributed by atoms with E-state index in [4.69, 9.17) is 0 Å². The first-order valence-electron chi connectivity index (χ1n) is 8.99. The lowest BCUT2D eigenvalue weighted by molar-refractivity contribution is -0.136. The zero-order valence-corrected chi connectivity index (χ0v) is 17.9. The number of hydrogen-bond acceptors (Lipinski definition) is 5. The van der Waals surface area contributed by atoms with E-state index in [0.717, 1.165) is 16.6 Å². The zero-order chi connectivity index (χ0) is 21.8. The number of fused-ring (bicyclic) bond motifs is 1. The number of hydrogen-bond donors (Lipinski definition) is 1. The Morgan fingerprint density at radius 3 is 2.81 bits per heavy atom. The molecule has 31 heavy (non-hydrogen) atoms. The van der Waals surface area contributed by atoms with Gasteiger partial charge in [0.2, 0.25) is 0 Å². The van der Waals surface area contributed by atoms with Gasteiger partial charge in [-0.25, -0.2) is 9.97 Å². The number of nitrogens with one attached hydrogen (secondary N) is 1. The van der Waals surface area contributed by atoms with Crippen molar-refractivity contribution in [1.82, 2.24) is 29.5 Å². The number of aromatic nitrogens is 5. The maximum atomic E-state index is 13.8. The average Bonchev–Trinajstić information content (AvgIpc) is 3.53. The Kier molecular flexibility index (Phi) is 4.70. The summed E-state index contributed by atoms with van der Waals surface area (Å²) in [6, 6.07) is 1.01. The van der Waals surface area contributed by atoms with Crippen molar-refractivity contribution in [1.29, 1.82) is 0 Å². The molecule has 1 amide bonds. The smallest absolute Gasteiger partial charge is 0.329 e. The average molecular weight is 509 g/mol. The van der Waals surface area contributed by atoms with Gasteiger partial charge in [-0.15, -0.1) is 11.3 Å². The van der Waals surface area contributed by atoms with Crippen molar-refractivity contribution in [2.75, 3.05) is 13.1 Å². The predicted octanol–water partition coefficient (Wildman–Crippen LogP) is 4.50. The number of nitrogens with zero attached hydrogens (tertiary/aromatic N) is 5. The van der Waals surface area contributed by atoms with E-state index < -0.39 is 17.6 Å². The fraction of sp³-hybridized carbons (Fsp3) is 0.158. The first-order valence-corrected chi connectivity index (χ1v) is 10.7. The lowest BCUT2D eigenvalue weighted by Gasteiger charge is -2.14. The molecule has 0 saturated carbocycles. The van der Waals surface area contributed by atoms with Crippen LogP contribution in [0.1, 0.15) is 21.1 Å². The van der Waals surface area contributed by atoms with Crippen LogP contribution in [0.5, 0.6) is 0 Å². The van der Waals surface area contributed by atoms with Gasteiger partial charge in [-0.3, -0.25) is 14.3 Å². The molecular formula is C19H12BrF3N6OS. The third-order valence-corrected chi connectivity index (χ3v) is 6.52. The first-order chi connectivity index (χ1) is 14.8. The minimum absolute atomic E-state index is 0.0800. The second kappa shape index (κ2) is 7.31.